The van der Waals surface area contributed by atoms with E-state index in [1.807, 2.05) is 6.08 Å². The van der Waals surface area contributed by atoms with Crippen LogP contribution in [0.15, 0.2) is 6.08 Å². The van der Waals surface area contributed by atoms with Gasteiger partial charge in [-0.15, -0.1) is 0 Å². The van der Waals surface area contributed by atoms with Crippen molar-refractivity contribution in [1.82, 2.24) is 5.48 Å². The van der Waals surface area contributed by atoms with Crippen LogP contribution in [-0.4, -0.2) is 13.2 Å². The van der Waals surface area contributed by atoms with Crippen molar-refractivity contribution in [3.8, 4) is 0 Å². The highest BCUT2D eigenvalue weighted by Crippen LogP contribution is 1.77. The van der Waals surface area contributed by atoms with E-state index < -0.39 is 0 Å². The van der Waals surface area contributed by atoms with Gasteiger partial charge in [-0.05, 0) is 6.08 Å². The van der Waals surface area contributed by atoms with E-state index in [9.17, 15) is 0 Å². The quantitative estimate of drug-likeness (QED) is 0.442. The predicted molar refractivity (Wildman–Crippen MR) is 21.8 cm³/mol. The van der Waals surface area contributed by atoms with Gasteiger partial charge in [-0.1, -0.05) is 6.08 Å². The number of hydrogen-bond acceptors (Lipinski definition) is 2. The molecule has 0 saturated carbocycles. The smallest absolute Gasteiger partial charge is 0.0933 e. The summed E-state index contributed by atoms with van der Waals surface area (Å²) < 4.78 is 0. The van der Waals surface area contributed by atoms with Gasteiger partial charge in [-0.25, -0.2) is 0 Å². The molecule has 0 amide bonds. The maximum Gasteiger partial charge on any atom is 0.0933 e. The first-order valence-electron chi connectivity index (χ1n) is 1.90. The summed E-state index contributed by atoms with van der Waals surface area (Å²) in [6.07, 6.45) is 4.78. The van der Waals surface area contributed by atoms with Crippen molar-refractivity contribution in [1.29, 1.82) is 0 Å². The van der Waals surface area contributed by atoms with Crippen LogP contribution in [0.3, 0.4) is 0 Å². The molecule has 1 aliphatic heterocycles. The van der Waals surface area contributed by atoms with E-state index in [2.05, 4.69) is 16.4 Å². The molecule has 0 aromatic rings. The molecule has 1 rings (SSSR count). The highest BCUT2D eigenvalue weighted by Gasteiger charge is 1.84. The Hall–Kier alpha value is -0.340. The normalized spacial score (nSPS) is 21.3. The molecule has 2 nitrogen and oxygen atoms in total. The molecular weight excluding hydrogens is 78.0 g/mol. The van der Waals surface area contributed by atoms with Crippen LogP contribution in [0.2, 0.25) is 0 Å². The predicted octanol–water partition coefficient (Wildman–Crippen LogP) is -0.119. The third kappa shape index (κ3) is 0.808. The van der Waals surface area contributed by atoms with E-state index in [0.29, 0.717) is 6.61 Å². The minimum Gasteiger partial charge on any atom is -0.297 e. The third-order valence-electron chi connectivity index (χ3n) is 0.587. The summed E-state index contributed by atoms with van der Waals surface area (Å²) in [6.45, 7) is 1.38. The topological polar surface area (TPSA) is 21.3 Å². The molecule has 0 bridgehead atoms. The Bertz CT molecular complexity index is 52.6. The van der Waals surface area contributed by atoms with E-state index in [1.165, 1.54) is 0 Å². The molecule has 0 saturated heterocycles. The lowest BCUT2D eigenvalue weighted by Gasteiger charge is -2.02. The second-order valence-corrected chi connectivity index (χ2v) is 1.05. The molecule has 1 aliphatic rings. The molecule has 6 heavy (non-hydrogen) atoms. The van der Waals surface area contributed by atoms with Gasteiger partial charge in [0.05, 0.1) is 6.61 Å². The van der Waals surface area contributed by atoms with Crippen LogP contribution >= 0.6 is 0 Å². The Morgan fingerprint density at radius 2 is 2.83 bits per heavy atom. The van der Waals surface area contributed by atoms with E-state index in [-0.39, 0.29) is 0 Å². The molecule has 33 valence electrons. The van der Waals surface area contributed by atoms with Gasteiger partial charge in [0.1, 0.15) is 0 Å². The van der Waals surface area contributed by atoms with Crippen LogP contribution in [0.1, 0.15) is 0 Å². The lowest BCUT2D eigenvalue weighted by molar-refractivity contribution is 0.0589. The standard InChI is InChI=1S/C4H6NO/c1-2-4-6-5-3-1/h1,5H,3-4H2. The van der Waals surface area contributed by atoms with Gasteiger partial charge in [0.15, 0.2) is 0 Å². The molecule has 2 heteroatoms. The Balaban J connectivity index is 2.26. The minimum atomic E-state index is 0.583. The average Bonchev–Trinajstić information content (AvgIpc) is 1.72. The lowest BCUT2D eigenvalue weighted by atomic mass is 10.5. The molecule has 0 unspecified atom stereocenters. The molecule has 0 aliphatic carbocycles. The van der Waals surface area contributed by atoms with Crippen molar-refractivity contribution in [2.45, 2.75) is 0 Å². The summed E-state index contributed by atoms with van der Waals surface area (Å²) in [7, 11) is 0. The first-order chi connectivity index (χ1) is 3.00. The van der Waals surface area contributed by atoms with Gasteiger partial charge in [0.25, 0.3) is 0 Å². The lowest BCUT2D eigenvalue weighted by Crippen LogP contribution is -2.18. The van der Waals surface area contributed by atoms with Crippen LogP contribution in [0.5, 0.6) is 0 Å². The average molecular weight is 84.1 g/mol. The number of nitrogens with one attached hydrogen (secondary N) is 1. The maximum absolute atomic E-state index is 4.68. The van der Waals surface area contributed by atoms with Crippen LogP contribution < -0.4 is 5.48 Å². The molecule has 1 N–H and O–H groups in total. The van der Waals surface area contributed by atoms with Crippen LogP contribution in [0, 0.1) is 6.08 Å². The number of hydrogen-bond donors (Lipinski definition) is 1. The van der Waals surface area contributed by atoms with Gasteiger partial charge in [0.2, 0.25) is 0 Å². The van der Waals surface area contributed by atoms with E-state index >= 15 is 0 Å². The Labute approximate surface area is 36.8 Å². The molecule has 0 aromatic carbocycles. The fraction of sp³-hybridized carbons (Fsp3) is 0.500. The highest BCUT2D eigenvalue weighted by atomic mass is 16.6. The summed E-state index contributed by atoms with van der Waals surface area (Å²) in [5.74, 6) is 0. The van der Waals surface area contributed by atoms with Crippen LogP contribution in [0.4, 0.5) is 0 Å². The third-order valence-corrected chi connectivity index (χ3v) is 0.587. The fourth-order valence-corrected chi connectivity index (χ4v) is 0.324. The molecule has 0 atom stereocenters. The zero-order chi connectivity index (χ0) is 4.24. The van der Waals surface area contributed by atoms with Gasteiger partial charge in [0, 0.05) is 6.54 Å². The maximum atomic E-state index is 4.68. The number of rotatable bonds is 0. The van der Waals surface area contributed by atoms with Crippen molar-refractivity contribution in [3.05, 3.63) is 12.2 Å². The van der Waals surface area contributed by atoms with Crippen molar-refractivity contribution < 1.29 is 4.84 Å². The van der Waals surface area contributed by atoms with E-state index in [1.54, 1.807) is 0 Å². The summed E-state index contributed by atoms with van der Waals surface area (Å²) >= 11 is 0. The second kappa shape index (κ2) is 1.95. The van der Waals surface area contributed by atoms with Crippen molar-refractivity contribution in [2.75, 3.05) is 13.2 Å². The van der Waals surface area contributed by atoms with Crippen molar-refractivity contribution in [3.63, 3.8) is 0 Å². The van der Waals surface area contributed by atoms with Crippen molar-refractivity contribution >= 4 is 0 Å². The van der Waals surface area contributed by atoms with Gasteiger partial charge in [-0.3, -0.25) is 4.84 Å². The van der Waals surface area contributed by atoms with Crippen LogP contribution in [0.25, 0.3) is 0 Å². The summed E-state index contributed by atoms with van der Waals surface area (Å²) in [4.78, 5) is 4.68. The Kier molecular flexibility index (Phi) is 1.25. The monoisotopic (exact) mass is 84.0 g/mol. The molecule has 1 radical (unpaired) electrons. The molecule has 1 heterocycles. The summed E-state index contributed by atoms with van der Waals surface area (Å²) in [5.41, 5.74) is 2.67. The van der Waals surface area contributed by atoms with Gasteiger partial charge >= 0.3 is 0 Å². The van der Waals surface area contributed by atoms with Crippen LogP contribution in [-0.2, 0) is 4.84 Å². The van der Waals surface area contributed by atoms with E-state index in [4.69, 9.17) is 0 Å². The minimum absolute atomic E-state index is 0.583. The molecular formula is C4H6NO. The largest absolute Gasteiger partial charge is 0.297 e. The van der Waals surface area contributed by atoms with Gasteiger partial charge < -0.3 is 0 Å². The fourth-order valence-electron chi connectivity index (χ4n) is 0.324. The summed E-state index contributed by atoms with van der Waals surface area (Å²) in [6, 6.07) is 0. The number of hydroxylamine groups is 1. The SMILES string of the molecule is [C]1=CCNOC1. The zero-order valence-corrected chi connectivity index (χ0v) is 3.40. The Morgan fingerprint density at radius 1 is 1.83 bits per heavy atom. The second-order valence-electron chi connectivity index (χ2n) is 1.05. The summed E-state index contributed by atoms with van der Waals surface area (Å²) in [5, 5.41) is 0. The zero-order valence-electron chi connectivity index (χ0n) is 3.40. The Morgan fingerprint density at radius 3 is 3.00 bits per heavy atom. The van der Waals surface area contributed by atoms with Gasteiger partial charge in [-0.2, -0.15) is 5.48 Å². The molecule has 0 fully saturated rings. The van der Waals surface area contributed by atoms with E-state index in [0.717, 1.165) is 6.54 Å². The molecule has 0 aromatic heterocycles. The molecule has 0 spiro atoms. The van der Waals surface area contributed by atoms with Crippen molar-refractivity contribution in [2.24, 2.45) is 0 Å². The first kappa shape index (κ1) is 3.84. The highest BCUT2D eigenvalue weighted by molar-refractivity contribution is 4.76. The first-order valence-corrected chi connectivity index (χ1v) is 1.90.